The van der Waals surface area contributed by atoms with E-state index in [1.807, 2.05) is 27.7 Å². The van der Waals surface area contributed by atoms with Gasteiger partial charge >= 0.3 is 13.1 Å². The molecular weight excluding hydrogens is 257 g/mol. The maximum atomic E-state index is 10.9. The van der Waals surface area contributed by atoms with Crippen LogP contribution < -0.4 is 0 Å². The Labute approximate surface area is 118 Å². The molecular formula is C14H18BNO4. The molecule has 1 N–H and O–H groups in total. The first-order valence-electron chi connectivity index (χ1n) is 6.44. The molecule has 0 atom stereocenters. The van der Waals surface area contributed by atoms with Crippen LogP contribution in [0.15, 0.2) is 24.3 Å². The Morgan fingerprint density at radius 3 is 2.45 bits per heavy atom. The van der Waals surface area contributed by atoms with Crippen molar-refractivity contribution in [1.82, 2.24) is 4.98 Å². The standard InChI is InChI=1S/C14H18BNO4/c1-13(2)14(3,4)20-15(19-13)7-5-11-9-10(12(17)18)6-8-16-11/h5-9H,1-4H3,(H,17,18)/b7-5+. The van der Waals surface area contributed by atoms with E-state index in [9.17, 15) is 4.79 Å². The third-order valence-electron chi connectivity index (χ3n) is 3.72. The smallest absolute Gasteiger partial charge is 0.478 e. The number of aromatic nitrogens is 1. The molecule has 1 aromatic heterocycles. The SMILES string of the molecule is CC1(C)OB(/C=C/c2cc(C(=O)O)ccn2)OC1(C)C. The molecule has 1 saturated heterocycles. The second kappa shape index (κ2) is 5.03. The minimum Gasteiger partial charge on any atom is -0.478 e. The first kappa shape index (κ1) is 14.7. The van der Waals surface area contributed by atoms with Gasteiger partial charge in [0.15, 0.2) is 0 Å². The van der Waals surface area contributed by atoms with Gasteiger partial charge in [0.1, 0.15) is 0 Å². The largest absolute Gasteiger partial charge is 0.487 e. The van der Waals surface area contributed by atoms with Crippen molar-refractivity contribution in [3.05, 3.63) is 35.6 Å². The Morgan fingerprint density at radius 1 is 1.30 bits per heavy atom. The zero-order valence-electron chi connectivity index (χ0n) is 12.1. The number of aromatic carboxylic acids is 1. The van der Waals surface area contributed by atoms with Crippen LogP contribution >= 0.6 is 0 Å². The number of carboxylic acids is 1. The zero-order chi connectivity index (χ0) is 15.0. The van der Waals surface area contributed by atoms with Gasteiger partial charge < -0.3 is 14.4 Å². The van der Waals surface area contributed by atoms with Crippen molar-refractivity contribution in [3.8, 4) is 0 Å². The highest BCUT2D eigenvalue weighted by atomic mass is 16.7. The number of hydrogen-bond acceptors (Lipinski definition) is 4. The Balaban J connectivity index is 2.12. The molecule has 2 heterocycles. The second-order valence-corrected chi connectivity index (χ2v) is 5.76. The molecule has 1 aromatic rings. The van der Waals surface area contributed by atoms with E-state index >= 15 is 0 Å². The molecule has 0 radical (unpaired) electrons. The fraction of sp³-hybridized carbons (Fsp3) is 0.429. The molecule has 0 aromatic carbocycles. The van der Waals surface area contributed by atoms with Gasteiger partial charge in [0.25, 0.3) is 0 Å². The molecule has 6 heteroatoms. The van der Waals surface area contributed by atoms with Gasteiger partial charge in [-0.3, -0.25) is 4.98 Å². The maximum absolute atomic E-state index is 10.9. The molecule has 0 unspecified atom stereocenters. The van der Waals surface area contributed by atoms with Gasteiger partial charge in [-0.1, -0.05) is 5.98 Å². The van der Waals surface area contributed by atoms with Crippen molar-refractivity contribution in [2.24, 2.45) is 0 Å². The van der Waals surface area contributed by atoms with E-state index in [0.717, 1.165) is 0 Å². The highest BCUT2D eigenvalue weighted by Crippen LogP contribution is 2.36. The first-order valence-corrected chi connectivity index (χ1v) is 6.44. The molecule has 1 aliphatic heterocycles. The average Bonchev–Trinajstić information content (AvgIpc) is 2.56. The van der Waals surface area contributed by atoms with Gasteiger partial charge in [0.2, 0.25) is 0 Å². The molecule has 0 amide bonds. The van der Waals surface area contributed by atoms with Crippen LogP contribution in [0, 0.1) is 0 Å². The lowest BCUT2D eigenvalue weighted by molar-refractivity contribution is 0.00578. The molecule has 0 aliphatic carbocycles. The minimum atomic E-state index is -0.974. The third kappa shape index (κ3) is 2.91. The van der Waals surface area contributed by atoms with Gasteiger partial charge in [0, 0.05) is 6.20 Å². The summed E-state index contributed by atoms with van der Waals surface area (Å²) < 4.78 is 11.6. The summed E-state index contributed by atoms with van der Waals surface area (Å²) in [5.41, 5.74) is -0.0235. The fourth-order valence-electron chi connectivity index (χ4n) is 1.82. The van der Waals surface area contributed by atoms with Crippen LogP contribution in [0.1, 0.15) is 43.7 Å². The molecule has 2 rings (SSSR count). The van der Waals surface area contributed by atoms with E-state index in [-0.39, 0.29) is 5.56 Å². The van der Waals surface area contributed by atoms with Crippen molar-refractivity contribution in [3.63, 3.8) is 0 Å². The second-order valence-electron chi connectivity index (χ2n) is 5.76. The van der Waals surface area contributed by atoms with Crippen LogP contribution in [-0.4, -0.2) is 34.4 Å². The lowest BCUT2D eigenvalue weighted by atomic mass is 9.89. The predicted molar refractivity (Wildman–Crippen MR) is 76.3 cm³/mol. The predicted octanol–water partition coefficient (Wildman–Crippen LogP) is 2.42. The summed E-state index contributed by atoms with van der Waals surface area (Å²) in [6.07, 6.45) is 3.17. The number of nitrogens with zero attached hydrogens (tertiary/aromatic N) is 1. The molecule has 0 saturated carbocycles. The quantitative estimate of drug-likeness (QED) is 0.858. The van der Waals surface area contributed by atoms with E-state index in [0.29, 0.717) is 5.69 Å². The van der Waals surface area contributed by atoms with E-state index in [1.54, 1.807) is 12.1 Å². The summed E-state index contributed by atoms with van der Waals surface area (Å²) in [7, 11) is -0.463. The van der Waals surface area contributed by atoms with Crippen LogP contribution in [0.3, 0.4) is 0 Å². The fourth-order valence-corrected chi connectivity index (χ4v) is 1.82. The lowest BCUT2D eigenvalue weighted by Crippen LogP contribution is -2.41. The molecule has 1 fully saturated rings. The van der Waals surface area contributed by atoms with Gasteiger partial charge in [-0.15, -0.1) is 0 Å². The molecule has 0 bridgehead atoms. The number of carbonyl (C=O) groups is 1. The number of carboxylic acid groups (broad SMARTS) is 1. The summed E-state index contributed by atoms with van der Waals surface area (Å²) in [5.74, 6) is 0.766. The molecule has 5 nitrogen and oxygen atoms in total. The van der Waals surface area contributed by atoms with Crippen molar-refractivity contribution in [2.75, 3.05) is 0 Å². The molecule has 20 heavy (non-hydrogen) atoms. The minimum absolute atomic E-state index is 0.202. The summed E-state index contributed by atoms with van der Waals surface area (Å²) in [5, 5.41) is 8.92. The maximum Gasteiger partial charge on any atom is 0.487 e. The van der Waals surface area contributed by atoms with Crippen molar-refractivity contribution in [2.45, 2.75) is 38.9 Å². The van der Waals surface area contributed by atoms with Gasteiger partial charge in [-0.05, 0) is 45.9 Å². The van der Waals surface area contributed by atoms with E-state index in [2.05, 4.69) is 4.98 Å². The van der Waals surface area contributed by atoms with Gasteiger partial charge in [-0.2, -0.15) is 0 Å². The van der Waals surface area contributed by atoms with Crippen molar-refractivity contribution in [1.29, 1.82) is 0 Å². The van der Waals surface area contributed by atoms with E-state index in [4.69, 9.17) is 14.4 Å². The first-order chi connectivity index (χ1) is 9.21. The third-order valence-corrected chi connectivity index (χ3v) is 3.72. The highest BCUT2D eigenvalue weighted by Gasteiger charge is 2.49. The highest BCUT2D eigenvalue weighted by molar-refractivity contribution is 6.52. The van der Waals surface area contributed by atoms with Gasteiger partial charge in [0.05, 0.1) is 22.5 Å². The van der Waals surface area contributed by atoms with Crippen LogP contribution in [0.25, 0.3) is 6.08 Å². The van der Waals surface area contributed by atoms with Crippen molar-refractivity contribution < 1.29 is 19.2 Å². The summed E-state index contributed by atoms with van der Waals surface area (Å²) >= 11 is 0. The topological polar surface area (TPSA) is 68.7 Å². The summed E-state index contributed by atoms with van der Waals surface area (Å²) in [6.45, 7) is 7.91. The number of hydrogen-bond donors (Lipinski definition) is 1. The Hall–Kier alpha value is -1.66. The normalized spacial score (nSPS) is 20.5. The monoisotopic (exact) mass is 275 g/mol. The summed E-state index contributed by atoms with van der Waals surface area (Å²) in [4.78, 5) is 15.0. The van der Waals surface area contributed by atoms with Crippen LogP contribution in [-0.2, 0) is 9.31 Å². The molecule has 0 spiro atoms. The van der Waals surface area contributed by atoms with Crippen LogP contribution in [0.5, 0.6) is 0 Å². The molecule has 1 aliphatic rings. The molecule has 106 valence electrons. The van der Waals surface area contributed by atoms with Crippen molar-refractivity contribution >= 4 is 19.2 Å². The van der Waals surface area contributed by atoms with E-state index < -0.39 is 24.3 Å². The Kier molecular flexibility index (Phi) is 3.71. The van der Waals surface area contributed by atoms with Gasteiger partial charge in [-0.25, -0.2) is 4.79 Å². The van der Waals surface area contributed by atoms with Crippen LogP contribution in [0.2, 0.25) is 0 Å². The van der Waals surface area contributed by atoms with E-state index in [1.165, 1.54) is 18.3 Å². The zero-order valence-corrected chi connectivity index (χ0v) is 12.1. The lowest BCUT2D eigenvalue weighted by Gasteiger charge is -2.32. The Bertz CT molecular complexity index is 538. The average molecular weight is 275 g/mol. The number of pyridine rings is 1. The Morgan fingerprint density at radius 2 is 1.90 bits per heavy atom. The summed E-state index contributed by atoms with van der Waals surface area (Å²) in [6, 6.07) is 2.96. The van der Waals surface area contributed by atoms with Crippen LogP contribution in [0.4, 0.5) is 0 Å². The number of rotatable bonds is 3.